The number of nitrogens with one attached hydrogen (secondary N) is 1. The van der Waals surface area contributed by atoms with E-state index in [1.54, 1.807) is 11.8 Å². The Hall–Kier alpha value is -0.260. The molecule has 0 saturated carbocycles. The molecule has 100 valence electrons. The van der Waals surface area contributed by atoms with Crippen LogP contribution in [0.15, 0.2) is 0 Å². The van der Waals surface area contributed by atoms with E-state index >= 15 is 0 Å². The molecule has 4 nitrogen and oxygen atoms in total. The van der Waals surface area contributed by atoms with Gasteiger partial charge in [-0.2, -0.15) is 11.8 Å². The summed E-state index contributed by atoms with van der Waals surface area (Å²) in [5, 5.41) is 2.95. The van der Waals surface area contributed by atoms with Gasteiger partial charge >= 0.3 is 0 Å². The van der Waals surface area contributed by atoms with Crippen LogP contribution in [0.4, 0.5) is 0 Å². The van der Waals surface area contributed by atoms with Crippen molar-refractivity contribution in [3.63, 3.8) is 0 Å². The van der Waals surface area contributed by atoms with E-state index in [1.807, 2.05) is 6.26 Å². The van der Waals surface area contributed by atoms with Gasteiger partial charge in [0.25, 0.3) is 0 Å². The zero-order valence-corrected chi connectivity index (χ0v) is 11.8. The maximum absolute atomic E-state index is 11.7. The number of likely N-dealkylation sites (tertiary alicyclic amines) is 1. The average Bonchev–Trinajstić information content (AvgIpc) is 2.86. The van der Waals surface area contributed by atoms with Crippen LogP contribution in [0.5, 0.6) is 0 Å². The second-order valence-electron chi connectivity index (χ2n) is 4.73. The molecule has 1 rings (SSSR count). The van der Waals surface area contributed by atoms with Crippen LogP contribution in [0.25, 0.3) is 0 Å². The summed E-state index contributed by atoms with van der Waals surface area (Å²) in [4.78, 5) is 14.1. The normalized spacial score (nSPS) is 20.2. The molecule has 0 aromatic rings. The average molecular weight is 259 g/mol. The summed E-state index contributed by atoms with van der Waals surface area (Å²) >= 11 is 1.72. The first-order valence-corrected chi connectivity index (χ1v) is 7.80. The van der Waals surface area contributed by atoms with Crippen LogP contribution in [0.2, 0.25) is 0 Å². The Bertz CT molecular complexity index is 232. The number of amides is 1. The zero-order valence-electron chi connectivity index (χ0n) is 10.9. The molecule has 0 radical (unpaired) electrons. The molecular formula is C12H25N3OS. The van der Waals surface area contributed by atoms with E-state index in [4.69, 9.17) is 5.73 Å². The van der Waals surface area contributed by atoms with Crippen molar-refractivity contribution < 1.29 is 4.79 Å². The van der Waals surface area contributed by atoms with E-state index in [9.17, 15) is 4.79 Å². The standard InChI is InChI=1S/C12H25N3OS/c1-10(15-6-3-4-7-15)9-14-12(16)11(13)5-8-17-2/h10-11H,3-9,13H2,1-2H3,(H,14,16)/t10?,11-/m1/s1. The molecule has 3 N–H and O–H groups in total. The van der Waals surface area contributed by atoms with Crippen molar-refractivity contribution in [2.45, 2.75) is 38.3 Å². The molecule has 1 unspecified atom stereocenters. The SMILES string of the molecule is CSCC[C@@H](N)C(=O)NCC(C)N1CCCC1. The molecule has 1 fully saturated rings. The molecule has 2 atom stereocenters. The third kappa shape index (κ3) is 5.27. The minimum absolute atomic E-state index is 0.00917. The molecule has 0 aliphatic carbocycles. The molecule has 0 aromatic carbocycles. The molecule has 1 heterocycles. The first-order chi connectivity index (χ1) is 8.15. The number of hydrogen-bond acceptors (Lipinski definition) is 4. The Morgan fingerprint density at radius 2 is 2.12 bits per heavy atom. The van der Waals surface area contributed by atoms with Gasteiger partial charge < -0.3 is 11.1 Å². The summed E-state index contributed by atoms with van der Waals surface area (Å²) in [7, 11) is 0. The largest absolute Gasteiger partial charge is 0.353 e. The van der Waals surface area contributed by atoms with Crippen LogP contribution in [0.1, 0.15) is 26.2 Å². The molecule has 1 aliphatic rings. The quantitative estimate of drug-likeness (QED) is 0.705. The molecule has 1 aliphatic heterocycles. The molecular weight excluding hydrogens is 234 g/mol. The van der Waals surface area contributed by atoms with E-state index in [0.717, 1.165) is 25.3 Å². The van der Waals surface area contributed by atoms with E-state index < -0.39 is 0 Å². The Morgan fingerprint density at radius 3 is 2.71 bits per heavy atom. The minimum Gasteiger partial charge on any atom is -0.353 e. The summed E-state index contributed by atoms with van der Waals surface area (Å²) in [5.41, 5.74) is 5.80. The van der Waals surface area contributed by atoms with E-state index in [-0.39, 0.29) is 11.9 Å². The van der Waals surface area contributed by atoms with Gasteiger partial charge in [-0.05, 0) is 51.3 Å². The number of nitrogens with zero attached hydrogens (tertiary/aromatic N) is 1. The minimum atomic E-state index is -0.353. The third-order valence-corrected chi connectivity index (χ3v) is 3.95. The number of nitrogens with two attached hydrogens (primary N) is 1. The van der Waals surface area contributed by atoms with Crippen LogP contribution in [0.3, 0.4) is 0 Å². The highest BCUT2D eigenvalue weighted by Gasteiger charge is 2.19. The van der Waals surface area contributed by atoms with E-state index in [1.165, 1.54) is 12.8 Å². The first kappa shape index (κ1) is 14.8. The van der Waals surface area contributed by atoms with Gasteiger partial charge in [0.1, 0.15) is 0 Å². The van der Waals surface area contributed by atoms with E-state index in [2.05, 4.69) is 17.1 Å². The fraction of sp³-hybridized carbons (Fsp3) is 0.917. The molecule has 1 amide bonds. The summed E-state index contributed by atoms with van der Waals surface area (Å²) in [6, 6.07) is 0.0717. The van der Waals surface area contributed by atoms with Gasteiger partial charge in [0.2, 0.25) is 5.91 Å². The maximum Gasteiger partial charge on any atom is 0.237 e. The topological polar surface area (TPSA) is 58.4 Å². The second kappa shape index (κ2) is 7.95. The number of thioether (sulfide) groups is 1. The number of carbonyl (C=O) groups excluding carboxylic acids is 1. The maximum atomic E-state index is 11.7. The van der Waals surface area contributed by atoms with Crippen molar-refractivity contribution in [3.8, 4) is 0 Å². The number of rotatable bonds is 7. The summed E-state index contributed by atoms with van der Waals surface area (Å²) in [6.45, 7) is 5.20. The fourth-order valence-corrected chi connectivity index (χ4v) is 2.56. The second-order valence-corrected chi connectivity index (χ2v) is 5.71. The summed E-state index contributed by atoms with van der Waals surface area (Å²) in [5.74, 6) is 0.932. The highest BCUT2D eigenvalue weighted by atomic mass is 32.2. The number of carbonyl (C=O) groups is 1. The lowest BCUT2D eigenvalue weighted by Gasteiger charge is -2.24. The van der Waals surface area contributed by atoms with Crippen LogP contribution < -0.4 is 11.1 Å². The lowest BCUT2D eigenvalue weighted by Crippen LogP contribution is -2.46. The van der Waals surface area contributed by atoms with Crippen LogP contribution in [-0.2, 0) is 4.79 Å². The molecule has 0 spiro atoms. The van der Waals surface area contributed by atoms with Crippen molar-refractivity contribution in [2.75, 3.05) is 31.6 Å². The van der Waals surface area contributed by atoms with Crippen molar-refractivity contribution >= 4 is 17.7 Å². The van der Waals surface area contributed by atoms with Crippen molar-refractivity contribution in [3.05, 3.63) is 0 Å². The van der Waals surface area contributed by atoms with Crippen LogP contribution in [0, 0.1) is 0 Å². The molecule has 17 heavy (non-hydrogen) atoms. The zero-order chi connectivity index (χ0) is 12.7. The predicted molar refractivity (Wildman–Crippen MR) is 74.3 cm³/mol. The monoisotopic (exact) mass is 259 g/mol. The Kier molecular flexibility index (Phi) is 6.92. The predicted octanol–water partition coefficient (Wildman–Crippen LogP) is 0.667. The van der Waals surface area contributed by atoms with Crippen LogP contribution >= 0.6 is 11.8 Å². The Morgan fingerprint density at radius 1 is 1.47 bits per heavy atom. The van der Waals surface area contributed by atoms with Gasteiger partial charge in [0, 0.05) is 12.6 Å². The van der Waals surface area contributed by atoms with Crippen molar-refractivity contribution in [1.82, 2.24) is 10.2 Å². The Balaban J connectivity index is 2.17. The fourth-order valence-electron chi connectivity index (χ4n) is 2.07. The van der Waals surface area contributed by atoms with Gasteiger partial charge in [-0.3, -0.25) is 9.69 Å². The van der Waals surface area contributed by atoms with Gasteiger partial charge in [0.15, 0.2) is 0 Å². The van der Waals surface area contributed by atoms with Crippen molar-refractivity contribution in [1.29, 1.82) is 0 Å². The Labute approximate surface area is 109 Å². The molecule has 5 heteroatoms. The highest BCUT2D eigenvalue weighted by molar-refractivity contribution is 7.98. The van der Waals surface area contributed by atoms with Gasteiger partial charge in [-0.15, -0.1) is 0 Å². The number of hydrogen-bond donors (Lipinski definition) is 2. The molecule has 0 bridgehead atoms. The lowest BCUT2D eigenvalue weighted by molar-refractivity contribution is -0.122. The first-order valence-electron chi connectivity index (χ1n) is 6.41. The van der Waals surface area contributed by atoms with Gasteiger partial charge in [-0.25, -0.2) is 0 Å². The summed E-state index contributed by atoms with van der Waals surface area (Å²) < 4.78 is 0. The smallest absolute Gasteiger partial charge is 0.237 e. The lowest BCUT2D eigenvalue weighted by atomic mass is 10.2. The molecule has 1 saturated heterocycles. The summed E-state index contributed by atoms with van der Waals surface area (Å²) in [6.07, 6.45) is 5.35. The van der Waals surface area contributed by atoms with Gasteiger partial charge in [-0.1, -0.05) is 0 Å². The highest BCUT2D eigenvalue weighted by Crippen LogP contribution is 2.10. The van der Waals surface area contributed by atoms with Gasteiger partial charge in [0.05, 0.1) is 6.04 Å². The van der Waals surface area contributed by atoms with Crippen LogP contribution in [-0.4, -0.2) is 54.5 Å². The molecule has 0 aromatic heterocycles. The van der Waals surface area contributed by atoms with Crippen molar-refractivity contribution in [2.24, 2.45) is 5.73 Å². The van der Waals surface area contributed by atoms with E-state index in [0.29, 0.717) is 12.6 Å². The third-order valence-electron chi connectivity index (χ3n) is 3.31.